The highest BCUT2D eigenvalue weighted by Crippen LogP contribution is 2.22. The van der Waals surface area contributed by atoms with Crippen LogP contribution in [0.4, 0.5) is 0 Å². The van der Waals surface area contributed by atoms with Crippen molar-refractivity contribution >= 4 is 5.91 Å². The van der Waals surface area contributed by atoms with Gasteiger partial charge in [-0.25, -0.2) is 0 Å². The highest BCUT2D eigenvalue weighted by Gasteiger charge is 2.29. The first-order valence-electron chi connectivity index (χ1n) is 7.82. The van der Waals surface area contributed by atoms with Gasteiger partial charge in [-0.3, -0.25) is 4.79 Å². The lowest BCUT2D eigenvalue weighted by Crippen LogP contribution is -2.41. The van der Waals surface area contributed by atoms with Crippen LogP contribution in [0, 0.1) is 5.92 Å². The first-order chi connectivity index (χ1) is 8.81. The quantitative estimate of drug-likeness (QED) is 0.702. The fourth-order valence-corrected chi connectivity index (χ4v) is 3.18. The summed E-state index contributed by atoms with van der Waals surface area (Å²) >= 11 is 0. The average molecular weight is 252 g/mol. The largest absolute Gasteiger partial charge is 0.342 e. The van der Waals surface area contributed by atoms with Crippen LogP contribution in [-0.4, -0.2) is 48.4 Å². The molecular formula is C15H28N2O. The second-order valence-electron chi connectivity index (χ2n) is 5.86. The third kappa shape index (κ3) is 3.71. The van der Waals surface area contributed by atoms with Crippen LogP contribution in [0.5, 0.6) is 0 Å². The van der Waals surface area contributed by atoms with Crippen molar-refractivity contribution in [1.29, 1.82) is 0 Å². The Balaban J connectivity index is 1.67. The normalized spacial score (nSPS) is 22.6. The van der Waals surface area contributed by atoms with E-state index in [2.05, 4.69) is 16.7 Å². The Labute approximate surface area is 112 Å². The Morgan fingerprint density at radius 2 is 1.72 bits per heavy atom. The molecule has 0 aromatic rings. The molecule has 3 nitrogen and oxygen atoms in total. The SMILES string of the molecule is CCCCCN1CCC(C(=O)N2CCCC2)CC1. The van der Waals surface area contributed by atoms with Crippen molar-refractivity contribution in [3.8, 4) is 0 Å². The molecule has 18 heavy (non-hydrogen) atoms. The standard InChI is InChI=1S/C15H28N2O/c1-2-3-4-9-16-12-7-14(8-13-16)15(18)17-10-5-6-11-17/h14H,2-13H2,1H3. The van der Waals surface area contributed by atoms with Gasteiger partial charge in [-0.1, -0.05) is 19.8 Å². The molecule has 2 aliphatic rings. The van der Waals surface area contributed by atoms with Crippen LogP contribution >= 0.6 is 0 Å². The van der Waals surface area contributed by atoms with Crippen LogP contribution in [0.1, 0.15) is 51.9 Å². The van der Waals surface area contributed by atoms with Crippen molar-refractivity contribution in [3.63, 3.8) is 0 Å². The predicted molar refractivity (Wildman–Crippen MR) is 74.5 cm³/mol. The minimum absolute atomic E-state index is 0.325. The van der Waals surface area contributed by atoms with E-state index in [4.69, 9.17) is 0 Å². The van der Waals surface area contributed by atoms with Crippen molar-refractivity contribution in [2.75, 3.05) is 32.7 Å². The van der Waals surface area contributed by atoms with Crippen LogP contribution in [0.2, 0.25) is 0 Å². The maximum absolute atomic E-state index is 12.3. The van der Waals surface area contributed by atoms with Gasteiger partial charge in [-0.2, -0.15) is 0 Å². The Bertz CT molecular complexity index is 253. The number of likely N-dealkylation sites (tertiary alicyclic amines) is 2. The first-order valence-corrected chi connectivity index (χ1v) is 7.82. The third-order valence-electron chi connectivity index (χ3n) is 4.43. The van der Waals surface area contributed by atoms with Gasteiger partial charge < -0.3 is 9.80 Å². The van der Waals surface area contributed by atoms with Crippen molar-refractivity contribution < 1.29 is 4.79 Å². The Morgan fingerprint density at radius 3 is 2.33 bits per heavy atom. The zero-order valence-electron chi connectivity index (χ0n) is 11.9. The van der Waals surface area contributed by atoms with E-state index < -0.39 is 0 Å². The molecule has 0 radical (unpaired) electrons. The van der Waals surface area contributed by atoms with Crippen molar-refractivity contribution in [3.05, 3.63) is 0 Å². The number of carbonyl (C=O) groups excluding carboxylic acids is 1. The van der Waals surface area contributed by atoms with Gasteiger partial charge in [0.05, 0.1) is 0 Å². The molecule has 0 saturated carbocycles. The fraction of sp³-hybridized carbons (Fsp3) is 0.933. The molecule has 3 heteroatoms. The summed E-state index contributed by atoms with van der Waals surface area (Å²) in [5.74, 6) is 0.770. The van der Waals surface area contributed by atoms with Gasteiger partial charge in [-0.15, -0.1) is 0 Å². The molecule has 2 heterocycles. The highest BCUT2D eigenvalue weighted by molar-refractivity contribution is 5.79. The average Bonchev–Trinajstić information content (AvgIpc) is 2.93. The Kier molecular flexibility index (Phi) is 5.48. The molecule has 0 aliphatic carbocycles. The zero-order chi connectivity index (χ0) is 12.8. The number of nitrogens with zero attached hydrogens (tertiary/aromatic N) is 2. The summed E-state index contributed by atoms with van der Waals surface area (Å²) in [5.41, 5.74) is 0. The molecule has 1 amide bonds. The van der Waals surface area contributed by atoms with Gasteiger partial charge in [0.25, 0.3) is 0 Å². The van der Waals surface area contributed by atoms with Crippen LogP contribution in [0.15, 0.2) is 0 Å². The molecule has 0 unspecified atom stereocenters. The number of amides is 1. The zero-order valence-corrected chi connectivity index (χ0v) is 11.9. The monoisotopic (exact) mass is 252 g/mol. The second-order valence-corrected chi connectivity index (χ2v) is 5.86. The van der Waals surface area contributed by atoms with Crippen molar-refractivity contribution in [1.82, 2.24) is 9.80 Å². The van der Waals surface area contributed by atoms with E-state index in [1.54, 1.807) is 0 Å². The van der Waals surface area contributed by atoms with Crippen LogP contribution in [-0.2, 0) is 4.79 Å². The predicted octanol–water partition coefficient (Wildman–Crippen LogP) is 2.51. The summed E-state index contributed by atoms with van der Waals surface area (Å²) in [6.07, 6.45) is 8.55. The smallest absolute Gasteiger partial charge is 0.225 e. The van der Waals surface area contributed by atoms with E-state index >= 15 is 0 Å². The maximum Gasteiger partial charge on any atom is 0.225 e. The van der Waals surface area contributed by atoms with Crippen molar-refractivity contribution in [2.24, 2.45) is 5.92 Å². The van der Waals surface area contributed by atoms with Gasteiger partial charge in [0.1, 0.15) is 0 Å². The van der Waals surface area contributed by atoms with E-state index in [0.717, 1.165) is 39.0 Å². The topological polar surface area (TPSA) is 23.6 Å². The summed E-state index contributed by atoms with van der Waals surface area (Å²) in [7, 11) is 0. The summed E-state index contributed by atoms with van der Waals surface area (Å²) in [4.78, 5) is 16.9. The van der Waals surface area contributed by atoms with E-state index in [1.807, 2.05) is 0 Å². The molecule has 2 saturated heterocycles. The van der Waals surface area contributed by atoms with Crippen LogP contribution in [0.3, 0.4) is 0 Å². The molecule has 2 fully saturated rings. The maximum atomic E-state index is 12.3. The van der Waals surface area contributed by atoms with Gasteiger partial charge in [0.15, 0.2) is 0 Å². The first kappa shape index (κ1) is 13.9. The fourth-order valence-electron chi connectivity index (χ4n) is 3.18. The van der Waals surface area contributed by atoms with E-state index in [9.17, 15) is 4.79 Å². The van der Waals surface area contributed by atoms with Crippen LogP contribution < -0.4 is 0 Å². The lowest BCUT2D eigenvalue weighted by Gasteiger charge is -2.33. The summed E-state index contributed by atoms with van der Waals surface area (Å²) in [6, 6.07) is 0. The number of hydrogen-bond acceptors (Lipinski definition) is 2. The minimum atomic E-state index is 0.325. The molecule has 104 valence electrons. The van der Waals surface area contributed by atoms with E-state index in [-0.39, 0.29) is 0 Å². The lowest BCUT2D eigenvalue weighted by molar-refractivity contribution is -0.135. The van der Waals surface area contributed by atoms with E-state index in [1.165, 1.54) is 38.6 Å². The lowest BCUT2D eigenvalue weighted by atomic mass is 9.95. The van der Waals surface area contributed by atoms with Crippen molar-refractivity contribution in [2.45, 2.75) is 51.9 Å². The minimum Gasteiger partial charge on any atom is -0.342 e. The molecule has 0 aromatic carbocycles. The van der Waals surface area contributed by atoms with Gasteiger partial charge in [-0.05, 0) is 51.7 Å². The molecule has 0 aromatic heterocycles. The summed E-state index contributed by atoms with van der Waals surface area (Å²) < 4.78 is 0. The van der Waals surface area contributed by atoms with Gasteiger partial charge in [0.2, 0.25) is 5.91 Å². The Morgan fingerprint density at radius 1 is 1.06 bits per heavy atom. The number of piperidine rings is 1. The molecule has 0 bridgehead atoms. The van der Waals surface area contributed by atoms with Crippen LogP contribution in [0.25, 0.3) is 0 Å². The second kappa shape index (κ2) is 7.13. The summed E-state index contributed by atoms with van der Waals surface area (Å²) in [5, 5.41) is 0. The summed E-state index contributed by atoms with van der Waals surface area (Å²) in [6.45, 7) is 7.77. The highest BCUT2D eigenvalue weighted by atomic mass is 16.2. The molecule has 2 aliphatic heterocycles. The molecular weight excluding hydrogens is 224 g/mol. The van der Waals surface area contributed by atoms with E-state index in [0.29, 0.717) is 11.8 Å². The number of rotatable bonds is 5. The molecule has 2 rings (SSSR count). The molecule has 0 atom stereocenters. The molecule has 0 spiro atoms. The molecule has 0 N–H and O–H groups in total. The van der Waals surface area contributed by atoms with Gasteiger partial charge in [0, 0.05) is 19.0 Å². The Hall–Kier alpha value is -0.570. The number of unbranched alkanes of at least 4 members (excludes halogenated alkanes) is 2. The third-order valence-corrected chi connectivity index (χ3v) is 4.43. The van der Waals surface area contributed by atoms with Gasteiger partial charge >= 0.3 is 0 Å². The number of carbonyl (C=O) groups is 1. The number of hydrogen-bond donors (Lipinski definition) is 0.